The van der Waals surface area contributed by atoms with Gasteiger partial charge in [0.25, 0.3) is 20.0 Å². The van der Waals surface area contributed by atoms with Crippen LogP contribution in [-0.4, -0.2) is 43.9 Å². The van der Waals surface area contributed by atoms with Crippen LogP contribution in [0.3, 0.4) is 0 Å². The van der Waals surface area contributed by atoms with Crippen LogP contribution in [0.2, 0.25) is 0 Å². The summed E-state index contributed by atoms with van der Waals surface area (Å²) in [7, 11) is -5.93. The topological polar surface area (TPSA) is 205 Å². The molecule has 37 heavy (non-hydrogen) atoms. The van der Waals surface area contributed by atoms with E-state index in [2.05, 4.69) is 29.4 Å². The summed E-state index contributed by atoms with van der Waals surface area (Å²) in [5, 5.41) is 0. The lowest BCUT2D eigenvalue weighted by atomic mass is 10.3. The van der Waals surface area contributed by atoms with Gasteiger partial charge >= 0.3 is 0 Å². The third-order valence-electron chi connectivity index (χ3n) is 4.49. The molecule has 2 aromatic carbocycles. The zero-order chi connectivity index (χ0) is 27.1. The molecule has 4 aromatic rings. The molecule has 0 fully saturated rings. The Morgan fingerprint density at radius 1 is 0.703 bits per heavy atom. The minimum absolute atomic E-state index is 0.0300. The SMILES string of the molecule is COc1cnc(NS(=O)(=O)c2ccc(N)cc2)nc1.Cc1ccnc(NS(=O)(=O)c2ccc(N)cc2)n1. The fraction of sp³-hybridized carbons (Fsp3) is 0.0909. The van der Waals surface area contributed by atoms with Gasteiger partial charge in [-0.1, -0.05) is 0 Å². The van der Waals surface area contributed by atoms with Crippen molar-refractivity contribution in [1.29, 1.82) is 0 Å². The summed E-state index contributed by atoms with van der Waals surface area (Å²) in [6.45, 7) is 1.75. The molecule has 0 radical (unpaired) electrons. The molecule has 0 spiro atoms. The first-order chi connectivity index (χ1) is 17.5. The van der Waals surface area contributed by atoms with E-state index in [9.17, 15) is 16.8 Å². The number of aromatic nitrogens is 4. The highest BCUT2D eigenvalue weighted by atomic mass is 32.2. The van der Waals surface area contributed by atoms with E-state index in [0.717, 1.165) is 0 Å². The molecule has 0 saturated carbocycles. The van der Waals surface area contributed by atoms with Crippen molar-refractivity contribution in [3.63, 3.8) is 0 Å². The van der Waals surface area contributed by atoms with Crippen LogP contribution in [0.1, 0.15) is 5.69 Å². The molecule has 15 heteroatoms. The molecule has 0 aliphatic rings. The van der Waals surface area contributed by atoms with E-state index in [1.165, 1.54) is 74.2 Å². The number of anilines is 4. The van der Waals surface area contributed by atoms with E-state index < -0.39 is 20.0 Å². The number of nitrogens with two attached hydrogens (primary N) is 2. The van der Waals surface area contributed by atoms with Gasteiger partial charge in [0.15, 0.2) is 5.75 Å². The number of hydrogen-bond acceptors (Lipinski definition) is 11. The first-order valence-electron chi connectivity index (χ1n) is 10.4. The number of rotatable bonds is 7. The molecule has 0 aliphatic heterocycles. The number of benzene rings is 2. The molecule has 0 bridgehead atoms. The van der Waals surface area contributed by atoms with Gasteiger partial charge in [0.1, 0.15) is 0 Å². The minimum Gasteiger partial charge on any atom is -0.494 e. The average Bonchev–Trinajstić information content (AvgIpc) is 2.85. The van der Waals surface area contributed by atoms with Crippen molar-refractivity contribution in [1.82, 2.24) is 19.9 Å². The first kappa shape index (κ1) is 27.1. The number of ether oxygens (including phenoxy) is 1. The minimum atomic E-state index is -3.72. The van der Waals surface area contributed by atoms with Crippen molar-refractivity contribution < 1.29 is 21.6 Å². The van der Waals surface area contributed by atoms with Gasteiger partial charge in [-0.2, -0.15) is 0 Å². The number of nitrogens with zero attached hydrogens (tertiary/aromatic N) is 4. The summed E-state index contributed by atoms with van der Waals surface area (Å²) in [5.74, 6) is 0.458. The summed E-state index contributed by atoms with van der Waals surface area (Å²) in [4.78, 5) is 15.7. The maximum Gasteiger partial charge on any atom is 0.264 e. The number of aryl methyl sites for hydroxylation is 1. The maximum atomic E-state index is 12.0. The van der Waals surface area contributed by atoms with Gasteiger partial charge in [0.2, 0.25) is 11.9 Å². The van der Waals surface area contributed by atoms with E-state index in [4.69, 9.17) is 16.2 Å². The Morgan fingerprint density at radius 2 is 1.16 bits per heavy atom. The molecular formula is C22H24N8O5S2. The molecule has 0 saturated heterocycles. The normalized spacial score (nSPS) is 11.1. The summed E-state index contributed by atoms with van der Waals surface area (Å²) < 4.78 is 57.4. The third-order valence-corrected chi connectivity index (χ3v) is 7.18. The van der Waals surface area contributed by atoms with Gasteiger partial charge in [-0.15, -0.1) is 0 Å². The Balaban J connectivity index is 0.000000206. The lowest BCUT2D eigenvalue weighted by Gasteiger charge is -2.07. The largest absolute Gasteiger partial charge is 0.494 e. The fourth-order valence-electron chi connectivity index (χ4n) is 2.62. The summed E-state index contributed by atoms with van der Waals surface area (Å²) in [6, 6.07) is 13.4. The fourth-order valence-corrected chi connectivity index (χ4v) is 4.53. The second-order valence-electron chi connectivity index (χ2n) is 7.32. The molecule has 13 nitrogen and oxygen atoms in total. The van der Waals surface area contributed by atoms with Crippen LogP contribution in [0, 0.1) is 6.92 Å². The van der Waals surface area contributed by atoms with Gasteiger partial charge in [-0.25, -0.2) is 46.2 Å². The lowest BCUT2D eigenvalue weighted by molar-refractivity contribution is 0.411. The van der Waals surface area contributed by atoms with Crippen LogP contribution in [0.25, 0.3) is 0 Å². The third kappa shape index (κ3) is 7.74. The molecule has 0 atom stereocenters. The Kier molecular flexibility index (Phi) is 8.41. The van der Waals surface area contributed by atoms with Gasteiger partial charge < -0.3 is 16.2 Å². The molecular weight excluding hydrogens is 520 g/mol. The summed E-state index contributed by atoms with van der Waals surface area (Å²) >= 11 is 0. The average molecular weight is 545 g/mol. The van der Waals surface area contributed by atoms with Gasteiger partial charge in [0, 0.05) is 23.3 Å². The molecule has 0 unspecified atom stereocenters. The van der Waals surface area contributed by atoms with Crippen molar-refractivity contribution in [2.24, 2.45) is 0 Å². The number of nitrogen functional groups attached to an aromatic ring is 2. The summed E-state index contributed by atoms with van der Waals surface area (Å²) in [6.07, 6.45) is 4.23. The maximum absolute atomic E-state index is 12.0. The van der Waals surface area contributed by atoms with E-state index >= 15 is 0 Å². The summed E-state index contributed by atoms with van der Waals surface area (Å²) in [5.41, 5.74) is 12.7. The zero-order valence-electron chi connectivity index (χ0n) is 19.7. The van der Waals surface area contributed by atoms with Crippen molar-refractivity contribution >= 4 is 43.3 Å². The quantitative estimate of drug-likeness (QED) is 0.248. The van der Waals surface area contributed by atoms with E-state index in [1.807, 2.05) is 0 Å². The second kappa shape index (κ2) is 11.5. The van der Waals surface area contributed by atoms with Crippen LogP contribution in [-0.2, 0) is 20.0 Å². The lowest BCUT2D eigenvalue weighted by Crippen LogP contribution is -2.15. The predicted molar refractivity (Wildman–Crippen MR) is 139 cm³/mol. The Labute approximate surface area is 214 Å². The molecule has 0 amide bonds. The van der Waals surface area contributed by atoms with Crippen LogP contribution >= 0.6 is 0 Å². The molecule has 4 rings (SSSR count). The molecule has 0 aliphatic carbocycles. The highest BCUT2D eigenvalue weighted by Crippen LogP contribution is 2.16. The monoisotopic (exact) mass is 544 g/mol. The van der Waals surface area contributed by atoms with Gasteiger partial charge in [-0.3, -0.25) is 0 Å². The van der Waals surface area contributed by atoms with E-state index in [1.54, 1.807) is 13.0 Å². The van der Waals surface area contributed by atoms with Crippen molar-refractivity contribution in [2.45, 2.75) is 16.7 Å². The second-order valence-corrected chi connectivity index (χ2v) is 10.7. The number of sulfonamides is 2. The van der Waals surface area contributed by atoms with Crippen molar-refractivity contribution in [3.8, 4) is 5.75 Å². The standard InChI is InChI=1S/C11H12N4O3S.C11H12N4O2S/c1-18-9-6-13-11(14-7-9)15-19(16,17)10-4-2-8(12)3-5-10;1-8-6-7-13-11(14-8)15-18(16,17)10-4-2-9(12)3-5-10/h2-7H,12H2,1H3,(H,13,14,15);2-7H,12H2,1H3,(H,13,14,15). The molecule has 2 heterocycles. The van der Waals surface area contributed by atoms with Gasteiger partial charge in [-0.05, 0) is 61.5 Å². The smallest absolute Gasteiger partial charge is 0.264 e. The Morgan fingerprint density at radius 3 is 1.59 bits per heavy atom. The van der Waals surface area contributed by atoms with Gasteiger partial charge in [0.05, 0.1) is 29.3 Å². The molecule has 194 valence electrons. The van der Waals surface area contributed by atoms with Crippen LogP contribution in [0.4, 0.5) is 23.3 Å². The molecule has 2 aromatic heterocycles. The van der Waals surface area contributed by atoms with Crippen LogP contribution in [0.15, 0.2) is 83.0 Å². The zero-order valence-corrected chi connectivity index (χ0v) is 21.4. The van der Waals surface area contributed by atoms with Crippen LogP contribution in [0.5, 0.6) is 5.75 Å². The number of nitrogens with one attached hydrogen (secondary N) is 2. The first-order valence-corrected chi connectivity index (χ1v) is 13.4. The molecule has 6 N–H and O–H groups in total. The highest BCUT2D eigenvalue weighted by Gasteiger charge is 2.16. The van der Waals surface area contributed by atoms with Crippen molar-refractivity contribution in [3.05, 3.63) is 78.9 Å². The number of methoxy groups -OCH3 is 1. The van der Waals surface area contributed by atoms with E-state index in [0.29, 0.717) is 22.8 Å². The van der Waals surface area contributed by atoms with Crippen molar-refractivity contribution in [2.75, 3.05) is 28.0 Å². The van der Waals surface area contributed by atoms with Crippen LogP contribution < -0.4 is 25.6 Å². The Hall–Kier alpha value is -4.50. The number of hydrogen-bond donors (Lipinski definition) is 4. The Bertz CT molecular complexity index is 1550. The van der Waals surface area contributed by atoms with E-state index in [-0.39, 0.29) is 21.7 Å². The predicted octanol–water partition coefficient (Wildman–Crippen LogP) is 2.04. The highest BCUT2D eigenvalue weighted by molar-refractivity contribution is 7.93.